The van der Waals surface area contributed by atoms with Crippen molar-refractivity contribution in [3.8, 4) is 0 Å². The number of halogens is 1. The van der Waals surface area contributed by atoms with Crippen molar-refractivity contribution in [2.24, 2.45) is 4.99 Å². The zero-order valence-electron chi connectivity index (χ0n) is 16.2. The van der Waals surface area contributed by atoms with E-state index in [1.165, 1.54) is 18.1 Å². The molecule has 1 unspecified atom stereocenters. The maximum absolute atomic E-state index is 11.0. The van der Waals surface area contributed by atoms with Gasteiger partial charge in [-0.25, -0.2) is 0 Å². The Kier molecular flexibility index (Phi) is 10.5. The van der Waals surface area contributed by atoms with E-state index in [1.807, 2.05) is 30.3 Å². The van der Waals surface area contributed by atoms with Crippen LogP contribution in [0.25, 0.3) is 0 Å². The molecular formula is C21H29IN4O. The molecule has 0 aliphatic carbocycles. The second-order valence-corrected chi connectivity index (χ2v) is 6.32. The first-order valence-corrected chi connectivity index (χ1v) is 8.94. The number of guanidine groups is 1. The molecule has 0 fully saturated rings. The number of carbonyl (C=O) groups excluding carboxylic acids is 1. The molecule has 2 aromatic carbocycles. The van der Waals surface area contributed by atoms with Gasteiger partial charge in [0.15, 0.2) is 5.96 Å². The Bertz CT molecular complexity index is 717. The molecule has 1 amide bonds. The normalized spacial score (nSPS) is 11.9. The molecule has 0 aliphatic heterocycles. The third-order valence-electron chi connectivity index (χ3n) is 4.15. The van der Waals surface area contributed by atoms with Gasteiger partial charge in [0.2, 0.25) is 5.91 Å². The molecule has 0 aromatic heterocycles. The van der Waals surface area contributed by atoms with Crippen LogP contribution >= 0.6 is 24.0 Å². The topological polar surface area (TPSA) is 65.5 Å². The fraction of sp³-hybridized carbons (Fsp3) is 0.333. The van der Waals surface area contributed by atoms with Gasteiger partial charge in [0.25, 0.3) is 0 Å². The number of aliphatic imine (C=N–C) groups is 1. The Morgan fingerprint density at radius 3 is 2.30 bits per heavy atom. The molecule has 3 N–H and O–H groups in total. The van der Waals surface area contributed by atoms with E-state index in [1.54, 1.807) is 7.05 Å². The van der Waals surface area contributed by atoms with Gasteiger partial charge in [0.05, 0.1) is 0 Å². The average molecular weight is 480 g/mol. The predicted molar refractivity (Wildman–Crippen MR) is 124 cm³/mol. The number of rotatable bonds is 7. The van der Waals surface area contributed by atoms with Crippen LogP contribution in [-0.2, 0) is 11.2 Å². The summed E-state index contributed by atoms with van der Waals surface area (Å²) in [5.41, 5.74) is 3.34. The highest BCUT2D eigenvalue weighted by Gasteiger charge is 2.06. The molecule has 0 saturated heterocycles. The highest BCUT2D eigenvalue weighted by molar-refractivity contribution is 14.0. The van der Waals surface area contributed by atoms with Gasteiger partial charge in [-0.1, -0.05) is 49.4 Å². The monoisotopic (exact) mass is 480 g/mol. The van der Waals surface area contributed by atoms with Crippen LogP contribution in [0.4, 0.5) is 5.69 Å². The van der Waals surface area contributed by atoms with Gasteiger partial charge in [-0.05, 0) is 35.6 Å². The standard InChI is InChI=1S/C21H28N4O.HI/c1-16(19-7-5-4-6-8-19)15-24-21(22-3)23-14-13-18-9-11-20(12-10-18)25-17(2)26;/h4-12,16H,13-15H2,1-3H3,(H,25,26)(H2,22,23,24);1H. The van der Waals surface area contributed by atoms with E-state index in [-0.39, 0.29) is 29.9 Å². The van der Waals surface area contributed by atoms with Crippen molar-refractivity contribution in [2.75, 3.05) is 25.5 Å². The average Bonchev–Trinajstić information content (AvgIpc) is 2.66. The minimum absolute atomic E-state index is 0. The largest absolute Gasteiger partial charge is 0.356 e. The van der Waals surface area contributed by atoms with Crippen molar-refractivity contribution < 1.29 is 4.79 Å². The number of anilines is 1. The number of carbonyl (C=O) groups is 1. The van der Waals surface area contributed by atoms with Gasteiger partial charge in [0.1, 0.15) is 0 Å². The van der Waals surface area contributed by atoms with E-state index in [0.29, 0.717) is 5.92 Å². The first kappa shape index (κ1) is 23.0. The molecule has 27 heavy (non-hydrogen) atoms. The van der Waals surface area contributed by atoms with Crippen molar-refractivity contribution in [1.82, 2.24) is 10.6 Å². The van der Waals surface area contributed by atoms with Crippen molar-refractivity contribution in [3.63, 3.8) is 0 Å². The van der Waals surface area contributed by atoms with Gasteiger partial charge in [-0.15, -0.1) is 24.0 Å². The second-order valence-electron chi connectivity index (χ2n) is 6.32. The van der Waals surface area contributed by atoms with Crippen LogP contribution in [0.3, 0.4) is 0 Å². The Balaban J connectivity index is 0.00000364. The number of nitrogens with one attached hydrogen (secondary N) is 3. The lowest BCUT2D eigenvalue weighted by Crippen LogP contribution is -2.39. The summed E-state index contributed by atoms with van der Waals surface area (Å²) in [5, 5.41) is 9.49. The lowest BCUT2D eigenvalue weighted by molar-refractivity contribution is -0.114. The number of hydrogen-bond acceptors (Lipinski definition) is 2. The zero-order chi connectivity index (χ0) is 18.8. The maximum atomic E-state index is 11.0. The minimum Gasteiger partial charge on any atom is -0.356 e. The second kappa shape index (κ2) is 12.3. The predicted octanol–water partition coefficient (Wildman–Crippen LogP) is 3.77. The van der Waals surface area contributed by atoms with Crippen LogP contribution in [-0.4, -0.2) is 32.0 Å². The van der Waals surface area contributed by atoms with Gasteiger partial charge in [0, 0.05) is 32.7 Å². The molecule has 6 heteroatoms. The van der Waals surface area contributed by atoms with Gasteiger partial charge >= 0.3 is 0 Å². The molecule has 0 spiro atoms. The number of amides is 1. The van der Waals surface area contributed by atoms with Gasteiger partial charge in [-0.3, -0.25) is 9.79 Å². The lowest BCUT2D eigenvalue weighted by Gasteiger charge is -2.16. The Hall–Kier alpha value is -2.09. The van der Waals surface area contributed by atoms with Gasteiger partial charge in [-0.2, -0.15) is 0 Å². The molecule has 0 saturated carbocycles. The van der Waals surface area contributed by atoms with Crippen LogP contribution in [0.15, 0.2) is 59.6 Å². The molecule has 5 nitrogen and oxygen atoms in total. The molecule has 2 rings (SSSR count). The molecule has 0 aliphatic rings. The van der Waals surface area contributed by atoms with Crippen molar-refractivity contribution in [3.05, 3.63) is 65.7 Å². The van der Waals surface area contributed by atoms with E-state index >= 15 is 0 Å². The number of nitrogens with zero attached hydrogens (tertiary/aromatic N) is 1. The van der Waals surface area contributed by atoms with Crippen molar-refractivity contribution >= 4 is 41.5 Å². The third kappa shape index (κ3) is 8.43. The zero-order valence-corrected chi connectivity index (χ0v) is 18.5. The SMILES string of the molecule is CN=C(NCCc1ccc(NC(C)=O)cc1)NCC(C)c1ccccc1.I. The van der Waals surface area contributed by atoms with Crippen LogP contribution in [0, 0.1) is 0 Å². The third-order valence-corrected chi connectivity index (χ3v) is 4.15. The highest BCUT2D eigenvalue weighted by atomic mass is 127. The summed E-state index contributed by atoms with van der Waals surface area (Å²) in [7, 11) is 1.78. The molecule has 1 atom stereocenters. The Morgan fingerprint density at radius 1 is 1.04 bits per heavy atom. The molecule has 0 bridgehead atoms. The summed E-state index contributed by atoms with van der Waals surface area (Å²) in [6.45, 7) is 5.33. The maximum Gasteiger partial charge on any atom is 0.221 e. The molecule has 146 valence electrons. The summed E-state index contributed by atoms with van der Waals surface area (Å²) >= 11 is 0. The first-order chi connectivity index (χ1) is 12.6. The van der Waals surface area contributed by atoms with Crippen molar-refractivity contribution in [2.45, 2.75) is 26.2 Å². The van der Waals surface area contributed by atoms with Crippen molar-refractivity contribution in [1.29, 1.82) is 0 Å². The fourth-order valence-electron chi connectivity index (χ4n) is 2.65. The van der Waals surface area contributed by atoms with E-state index in [4.69, 9.17) is 0 Å². The van der Waals surface area contributed by atoms with E-state index in [9.17, 15) is 4.79 Å². The quantitative estimate of drug-likeness (QED) is 0.321. The lowest BCUT2D eigenvalue weighted by atomic mass is 10.0. The minimum atomic E-state index is -0.0565. The smallest absolute Gasteiger partial charge is 0.221 e. The fourth-order valence-corrected chi connectivity index (χ4v) is 2.65. The Morgan fingerprint density at radius 2 is 1.70 bits per heavy atom. The number of hydrogen-bond donors (Lipinski definition) is 3. The van der Waals surface area contributed by atoms with Crippen LogP contribution in [0.5, 0.6) is 0 Å². The summed E-state index contributed by atoms with van der Waals surface area (Å²) in [6, 6.07) is 18.4. The summed E-state index contributed by atoms with van der Waals surface area (Å²) in [4.78, 5) is 15.3. The van der Waals surface area contributed by atoms with Gasteiger partial charge < -0.3 is 16.0 Å². The van der Waals surface area contributed by atoms with E-state index in [0.717, 1.165) is 31.2 Å². The first-order valence-electron chi connectivity index (χ1n) is 8.94. The molecule has 2 aromatic rings. The summed E-state index contributed by atoms with van der Waals surface area (Å²) in [6.07, 6.45) is 0.884. The van der Waals surface area contributed by atoms with E-state index < -0.39 is 0 Å². The number of benzene rings is 2. The highest BCUT2D eigenvalue weighted by Crippen LogP contribution is 2.13. The van der Waals surface area contributed by atoms with Crippen LogP contribution < -0.4 is 16.0 Å². The summed E-state index contributed by atoms with van der Waals surface area (Å²) < 4.78 is 0. The molecule has 0 heterocycles. The summed E-state index contributed by atoms with van der Waals surface area (Å²) in [5.74, 6) is 1.16. The molecule has 0 radical (unpaired) electrons. The Labute approximate surface area is 179 Å². The molecular weight excluding hydrogens is 451 g/mol. The van der Waals surface area contributed by atoms with Crippen LogP contribution in [0.1, 0.15) is 30.9 Å². The van der Waals surface area contributed by atoms with Crippen LogP contribution in [0.2, 0.25) is 0 Å². The van der Waals surface area contributed by atoms with E-state index in [2.05, 4.69) is 52.1 Å².